The molecule has 0 unspecified atom stereocenters. The van der Waals surface area contributed by atoms with Crippen LogP contribution in [0.3, 0.4) is 0 Å². The Hall–Kier alpha value is -2.09. The topological polar surface area (TPSA) is 64.6 Å². The molecule has 5 nitrogen and oxygen atoms in total. The Balaban J connectivity index is 1.88. The maximum atomic E-state index is 12.9. The van der Waals surface area contributed by atoms with Crippen molar-refractivity contribution < 1.29 is 19.1 Å². The first-order valence-corrected chi connectivity index (χ1v) is 11.0. The third-order valence-corrected chi connectivity index (χ3v) is 6.52. The Morgan fingerprint density at radius 3 is 2.28 bits per heavy atom. The van der Waals surface area contributed by atoms with E-state index in [0.29, 0.717) is 30.9 Å². The molecule has 1 aromatic carbocycles. The van der Waals surface area contributed by atoms with Crippen molar-refractivity contribution in [3.05, 3.63) is 56.5 Å². The molecule has 0 atom stereocenters. The molecule has 0 saturated heterocycles. The van der Waals surface area contributed by atoms with Crippen LogP contribution in [0.25, 0.3) is 0 Å². The summed E-state index contributed by atoms with van der Waals surface area (Å²) in [7, 11) is 1.60. The predicted octanol–water partition coefficient (Wildman–Crippen LogP) is 4.57. The van der Waals surface area contributed by atoms with Gasteiger partial charge in [0.05, 0.1) is 10.7 Å². The molecule has 2 aliphatic carbocycles. The molecule has 0 amide bonds. The van der Waals surface area contributed by atoms with E-state index in [0.717, 1.165) is 57.4 Å². The summed E-state index contributed by atoms with van der Waals surface area (Å²) in [5, 5.41) is 3.45. The van der Waals surface area contributed by atoms with E-state index in [1.165, 1.54) is 0 Å². The normalized spacial score (nSPS) is 19.5. The van der Waals surface area contributed by atoms with Crippen LogP contribution >= 0.6 is 22.6 Å². The maximum absolute atomic E-state index is 12.9. The van der Waals surface area contributed by atoms with Gasteiger partial charge in [-0.1, -0.05) is 12.7 Å². The Morgan fingerprint density at radius 2 is 1.72 bits per heavy atom. The molecule has 0 aromatic heterocycles. The summed E-state index contributed by atoms with van der Waals surface area (Å²) < 4.78 is 12.3. The molecule has 1 aliphatic heterocycles. The third-order valence-electron chi connectivity index (χ3n) is 5.72. The van der Waals surface area contributed by atoms with Crippen molar-refractivity contribution in [3.63, 3.8) is 0 Å². The molecule has 0 fully saturated rings. The zero-order chi connectivity index (χ0) is 20.5. The number of ether oxygens (including phenoxy) is 2. The second-order valence-corrected chi connectivity index (χ2v) is 8.69. The molecule has 3 aliphatic rings. The summed E-state index contributed by atoms with van der Waals surface area (Å²) in [5.74, 6) is 1.18. The molecule has 6 heteroatoms. The molecule has 4 rings (SSSR count). The second kappa shape index (κ2) is 8.34. The van der Waals surface area contributed by atoms with E-state index in [1.54, 1.807) is 13.2 Å². The van der Waals surface area contributed by atoms with Crippen LogP contribution in [-0.2, 0) is 9.59 Å². The molecule has 1 heterocycles. The van der Waals surface area contributed by atoms with Gasteiger partial charge in [-0.2, -0.15) is 0 Å². The smallest absolute Gasteiger partial charge is 0.174 e. The number of dihydropyridines is 1. The third kappa shape index (κ3) is 3.63. The highest BCUT2D eigenvalue weighted by atomic mass is 127. The van der Waals surface area contributed by atoms with Crippen molar-refractivity contribution >= 4 is 34.2 Å². The van der Waals surface area contributed by atoms with Crippen molar-refractivity contribution in [2.75, 3.05) is 13.7 Å². The monoisotopic (exact) mass is 505 g/mol. The fourth-order valence-corrected chi connectivity index (χ4v) is 5.29. The van der Waals surface area contributed by atoms with Gasteiger partial charge in [-0.3, -0.25) is 9.59 Å². The van der Waals surface area contributed by atoms with Crippen LogP contribution in [-0.4, -0.2) is 25.3 Å². The van der Waals surface area contributed by atoms with Crippen molar-refractivity contribution in [1.29, 1.82) is 0 Å². The standard InChI is InChI=1S/C23H24INO4/c1-3-10-29-23-14(24)11-13(12-19(23)28-2)20-21-15(6-4-8-17(21)26)25-16-7-5-9-18(27)22(16)20/h3,11-12,20,25H,1,4-10H2,2H3. The fraction of sp³-hybridized carbons (Fsp3) is 0.391. The van der Waals surface area contributed by atoms with E-state index in [-0.39, 0.29) is 17.5 Å². The number of nitrogens with one attached hydrogen (secondary N) is 1. The number of rotatable bonds is 5. The number of benzene rings is 1. The van der Waals surface area contributed by atoms with Crippen molar-refractivity contribution in [1.82, 2.24) is 5.32 Å². The lowest BCUT2D eigenvalue weighted by Gasteiger charge is -2.37. The molecule has 0 spiro atoms. The van der Waals surface area contributed by atoms with Gasteiger partial charge in [-0.25, -0.2) is 0 Å². The Morgan fingerprint density at radius 1 is 1.10 bits per heavy atom. The summed E-state index contributed by atoms with van der Waals surface area (Å²) in [6.45, 7) is 4.07. The van der Waals surface area contributed by atoms with E-state index >= 15 is 0 Å². The molecule has 1 aromatic rings. The van der Waals surface area contributed by atoms with Gasteiger partial charge < -0.3 is 14.8 Å². The number of carbonyl (C=O) groups is 2. The first-order chi connectivity index (χ1) is 14.0. The molecule has 29 heavy (non-hydrogen) atoms. The maximum Gasteiger partial charge on any atom is 0.174 e. The number of allylic oxidation sites excluding steroid dienone is 4. The second-order valence-electron chi connectivity index (χ2n) is 7.53. The largest absolute Gasteiger partial charge is 0.493 e. The Kier molecular flexibility index (Phi) is 5.81. The van der Waals surface area contributed by atoms with Gasteiger partial charge in [0.15, 0.2) is 23.1 Å². The highest BCUT2D eigenvalue weighted by molar-refractivity contribution is 14.1. The first-order valence-electron chi connectivity index (χ1n) is 9.95. The lowest BCUT2D eigenvalue weighted by molar-refractivity contribution is -0.116. The quantitative estimate of drug-likeness (QED) is 0.470. The summed E-state index contributed by atoms with van der Waals surface area (Å²) in [4.78, 5) is 25.9. The van der Waals surface area contributed by atoms with E-state index in [9.17, 15) is 9.59 Å². The zero-order valence-corrected chi connectivity index (χ0v) is 18.6. The zero-order valence-electron chi connectivity index (χ0n) is 16.5. The van der Waals surface area contributed by atoms with Gasteiger partial charge >= 0.3 is 0 Å². The molecular weight excluding hydrogens is 481 g/mol. The summed E-state index contributed by atoms with van der Waals surface area (Å²) in [5.41, 5.74) is 4.39. The molecular formula is C23H24INO4. The molecule has 0 saturated carbocycles. The first kappa shape index (κ1) is 20.2. The van der Waals surface area contributed by atoms with E-state index in [4.69, 9.17) is 9.47 Å². The summed E-state index contributed by atoms with van der Waals surface area (Å²) in [6.07, 6.45) is 6.14. The molecule has 0 bridgehead atoms. The minimum atomic E-state index is -0.335. The summed E-state index contributed by atoms with van der Waals surface area (Å²) >= 11 is 2.22. The van der Waals surface area contributed by atoms with E-state index in [1.807, 2.05) is 12.1 Å². The predicted molar refractivity (Wildman–Crippen MR) is 119 cm³/mol. The lowest BCUT2D eigenvalue weighted by atomic mass is 9.71. The van der Waals surface area contributed by atoms with E-state index in [2.05, 4.69) is 34.5 Å². The number of Topliss-reactive ketones (excluding diaryl/α,β-unsaturated/α-hetero) is 2. The van der Waals surface area contributed by atoms with Crippen LogP contribution in [0.2, 0.25) is 0 Å². The van der Waals surface area contributed by atoms with E-state index < -0.39 is 0 Å². The Labute approximate surface area is 184 Å². The SMILES string of the molecule is C=CCOc1c(I)cc(C2C3=C(CCCC3=O)NC3=C2C(=O)CCC3)cc1OC. The average Bonchev–Trinajstić information content (AvgIpc) is 2.71. The Bertz CT molecular complexity index is 918. The van der Waals surface area contributed by atoms with Gasteiger partial charge in [-0.05, 0) is 66.0 Å². The fourth-order valence-electron chi connectivity index (χ4n) is 4.51. The average molecular weight is 505 g/mol. The van der Waals surface area contributed by atoms with Crippen molar-refractivity contribution in [3.8, 4) is 11.5 Å². The van der Waals surface area contributed by atoms with Crippen LogP contribution in [0.4, 0.5) is 0 Å². The van der Waals surface area contributed by atoms with Crippen LogP contribution < -0.4 is 14.8 Å². The van der Waals surface area contributed by atoms with Crippen LogP contribution in [0.15, 0.2) is 47.3 Å². The number of methoxy groups -OCH3 is 1. The van der Waals surface area contributed by atoms with Crippen molar-refractivity contribution in [2.45, 2.75) is 44.4 Å². The van der Waals surface area contributed by atoms with Gasteiger partial charge in [0.1, 0.15) is 6.61 Å². The van der Waals surface area contributed by atoms with Crippen molar-refractivity contribution in [2.24, 2.45) is 0 Å². The highest BCUT2D eigenvalue weighted by Crippen LogP contribution is 2.47. The number of hydrogen-bond acceptors (Lipinski definition) is 5. The lowest BCUT2D eigenvalue weighted by Crippen LogP contribution is -2.36. The molecule has 0 radical (unpaired) electrons. The van der Waals surface area contributed by atoms with Gasteiger partial charge in [0.25, 0.3) is 0 Å². The van der Waals surface area contributed by atoms with Crippen LogP contribution in [0.1, 0.15) is 50.0 Å². The van der Waals surface area contributed by atoms with Gasteiger partial charge in [0, 0.05) is 41.3 Å². The number of halogens is 1. The van der Waals surface area contributed by atoms with Gasteiger partial charge in [0.2, 0.25) is 0 Å². The van der Waals surface area contributed by atoms with Crippen LogP contribution in [0.5, 0.6) is 11.5 Å². The highest BCUT2D eigenvalue weighted by Gasteiger charge is 2.40. The molecule has 1 N–H and O–H groups in total. The van der Waals surface area contributed by atoms with Crippen LogP contribution in [0, 0.1) is 3.57 Å². The number of carbonyl (C=O) groups excluding carboxylic acids is 2. The van der Waals surface area contributed by atoms with Gasteiger partial charge in [-0.15, -0.1) is 0 Å². The number of ketones is 2. The minimum Gasteiger partial charge on any atom is -0.493 e. The summed E-state index contributed by atoms with van der Waals surface area (Å²) in [6, 6.07) is 3.92. The minimum absolute atomic E-state index is 0.134. The number of hydrogen-bond donors (Lipinski definition) is 1. The molecule has 152 valence electrons.